The van der Waals surface area contributed by atoms with Gasteiger partial charge in [-0.3, -0.25) is 13.8 Å². The molecule has 0 saturated heterocycles. The number of carbonyl (C=O) groups is 1. The number of likely N-dealkylation sites (N-methyl/N-ethyl adjacent to an activating group) is 1. The van der Waals surface area contributed by atoms with Gasteiger partial charge in [-0.15, -0.1) is 0 Å². The van der Waals surface area contributed by atoms with E-state index >= 15 is 0 Å². The fraction of sp³-hybridized carbons (Fsp3) is 0.696. The van der Waals surface area contributed by atoms with E-state index < -0.39 is 19.9 Å². The third kappa shape index (κ3) is 15.1. The number of carboxylic acid groups (broad SMARTS) is 1. The van der Waals surface area contributed by atoms with E-state index in [4.69, 9.17) is 18.9 Å². The molecule has 1 aromatic carbocycles. The number of rotatable bonds is 17. The Kier molecular flexibility index (Phi) is 14.7. The lowest BCUT2D eigenvalue weighted by Gasteiger charge is -2.29. The standard InChI is InChI=1S/C23H40NO7P.H2O/c1-19-13-12-14-22(20(19)2)29-15-10-8-6-7-9-11-16-30-32(27,28)31-21(17-23(25)26)18-24(3,4)5;/h12-14,21H,6-11,15-18H2,1-5H3,(H-,25,26,27,28);1H2. The zero-order valence-electron chi connectivity index (χ0n) is 20.7. The van der Waals surface area contributed by atoms with Crippen LogP contribution in [0.5, 0.6) is 5.75 Å². The van der Waals surface area contributed by atoms with Crippen molar-refractivity contribution in [3.63, 3.8) is 0 Å². The van der Waals surface area contributed by atoms with Crippen molar-refractivity contribution < 1.29 is 43.1 Å². The van der Waals surface area contributed by atoms with Crippen LogP contribution in [0.25, 0.3) is 0 Å². The van der Waals surface area contributed by atoms with Crippen molar-refractivity contribution in [2.75, 3.05) is 40.9 Å². The summed E-state index contributed by atoms with van der Waals surface area (Å²) in [5, 5.41) is 9.00. The SMILES string of the molecule is Cc1cccc(OCCCCCCCCOP(=O)(O)OC(CC(=O)O)C[N+](C)(C)C)c1C.[OH-]. The number of quaternary nitrogens is 1. The molecular formula is C23H42NO8P. The molecule has 0 aliphatic carbocycles. The van der Waals surface area contributed by atoms with Crippen LogP contribution in [0.2, 0.25) is 0 Å². The summed E-state index contributed by atoms with van der Waals surface area (Å²) in [7, 11) is 1.29. The molecule has 0 amide bonds. The van der Waals surface area contributed by atoms with Gasteiger partial charge < -0.3 is 24.7 Å². The molecule has 1 rings (SSSR count). The number of benzene rings is 1. The lowest BCUT2D eigenvalue weighted by atomic mass is 10.1. The van der Waals surface area contributed by atoms with Crippen molar-refractivity contribution in [3.8, 4) is 5.75 Å². The van der Waals surface area contributed by atoms with Gasteiger partial charge in [-0.25, -0.2) is 4.57 Å². The molecule has 3 N–H and O–H groups in total. The molecule has 0 aliphatic heterocycles. The fourth-order valence-corrected chi connectivity index (χ4v) is 4.25. The minimum absolute atomic E-state index is 0. The number of hydrogen-bond acceptors (Lipinski definition) is 6. The van der Waals surface area contributed by atoms with Crippen molar-refractivity contribution in [2.45, 2.75) is 64.9 Å². The number of unbranched alkanes of at least 4 members (excludes halogenated alkanes) is 5. The largest absolute Gasteiger partial charge is 0.870 e. The van der Waals surface area contributed by atoms with Crippen LogP contribution in [0.1, 0.15) is 56.1 Å². The summed E-state index contributed by atoms with van der Waals surface area (Å²) >= 11 is 0. The predicted molar refractivity (Wildman–Crippen MR) is 127 cm³/mol. The summed E-state index contributed by atoms with van der Waals surface area (Å²) < 4.78 is 28.6. The number of ether oxygens (including phenoxy) is 1. The van der Waals surface area contributed by atoms with Crippen LogP contribution in [-0.4, -0.2) is 72.9 Å². The maximum Gasteiger partial charge on any atom is 0.472 e. The molecule has 0 bridgehead atoms. The second kappa shape index (κ2) is 15.4. The van der Waals surface area contributed by atoms with Crippen LogP contribution < -0.4 is 4.74 Å². The summed E-state index contributed by atoms with van der Waals surface area (Å²) in [4.78, 5) is 20.9. The Labute approximate surface area is 198 Å². The van der Waals surface area contributed by atoms with Gasteiger partial charge in [-0.2, -0.15) is 0 Å². The predicted octanol–water partition coefficient (Wildman–Crippen LogP) is 4.53. The normalized spacial score (nSPS) is 14.2. The monoisotopic (exact) mass is 491 g/mol. The lowest BCUT2D eigenvalue weighted by Crippen LogP contribution is -2.42. The Morgan fingerprint density at radius 2 is 1.61 bits per heavy atom. The molecule has 2 unspecified atom stereocenters. The first-order chi connectivity index (χ1) is 14.9. The van der Waals surface area contributed by atoms with E-state index in [0.717, 1.165) is 37.9 Å². The highest BCUT2D eigenvalue weighted by Gasteiger charge is 2.31. The molecule has 0 fully saturated rings. The number of hydrogen-bond donors (Lipinski definition) is 2. The number of carboxylic acids is 1. The summed E-state index contributed by atoms with van der Waals surface area (Å²) in [6, 6.07) is 6.08. The number of phosphoric ester groups is 1. The minimum atomic E-state index is -4.29. The van der Waals surface area contributed by atoms with E-state index in [9.17, 15) is 14.3 Å². The van der Waals surface area contributed by atoms with Gasteiger partial charge in [0.25, 0.3) is 0 Å². The molecule has 0 saturated carbocycles. The van der Waals surface area contributed by atoms with E-state index in [-0.39, 0.29) is 25.0 Å². The van der Waals surface area contributed by atoms with Crippen molar-refractivity contribution >= 4 is 13.8 Å². The Hall–Kier alpha value is -1.48. The zero-order valence-corrected chi connectivity index (χ0v) is 21.6. The Morgan fingerprint density at radius 1 is 1.03 bits per heavy atom. The van der Waals surface area contributed by atoms with E-state index in [1.807, 2.05) is 33.3 Å². The molecule has 33 heavy (non-hydrogen) atoms. The second-order valence-corrected chi connectivity index (χ2v) is 10.7. The third-order valence-corrected chi connectivity index (χ3v) is 6.11. The Balaban J connectivity index is 0.0000102. The second-order valence-electron chi connectivity index (χ2n) is 9.27. The molecule has 10 heteroatoms. The first kappa shape index (κ1) is 31.5. The van der Waals surface area contributed by atoms with Crippen LogP contribution >= 0.6 is 7.82 Å². The quantitative estimate of drug-likeness (QED) is 0.185. The van der Waals surface area contributed by atoms with Gasteiger partial charge >= 0.3 is 13.8 Å². The molecule has 0 spiro atoms. The summed E-state index contributed by atoms with van der Waals surface area (Å²) in [6.45, 7) is 5.23. The maximum absolute atomic E-state index is 12.2. The van der Waals surface area contributed by atoms with Crippen LogP contribution in [-0.2, 0) is 18.4 Å². The minimum Gasteiger partial charge on any atom is -0.870 e. The van der Waals surface area contributed by atoms with Gasteiger partial charge in [0.15, 0.2) is 0 Å². The highest BCUT2D eigenvalue weighted by Crippen LogP contribution is 2.45. The van der Waals surface area contributed by atoms with Crippen molar-refractivity contribution in [2.24, 2.45) is 0 Å². The summed E-state index contributed by atoms with van der Waals surface area (Å²) in [6.07, 6.45) is 4.41. The molecule has 9 nitrogen and oxygen atoms in total. The summed E-state index contributed by atoms with van der Waals surface area (Å²) in [5.74, 6) is -0.132. The number of nitrogens with zero attached hydrogens (tertiary/aromatic N) is 1. The van der Waals surface area contributed by atoms with Gasteiger partial charge in [0, 0.05) is 0 Å². The molecule has 0 heterocycles. The third-order valence-electron chi connectivity index (χ3n) is 5.04. The van der Waals surface area contributed by atoms with Crippen molar-refractivity contribution in [3.05, 3.63) is 29.3 Å². The first-order valence-electron chi connectivity index (χ1n) is 11.3. The fourth-order valence-electron chi connectivity index (χ4n) is 3.31. The van der Waals surface area contributed by atoms with Gasteiger partial charge in [0.1, 0.15) is 18.4 Å². The highest BCUT2D eigenvalue weighted by molar-refractivity contribution is 7.47. The van der Waals surface area contributed by atoms with Crippen LogP contribution in [0, 0.1) is 13.8 Å². The molecule has 1 aromatic rings. The number of phosphoric acid groups is 1. The average Bonchev–Trinajstić information content (AvgIpc) is 2.64. The van der Waals surface area contributed by atoms with E-state index in [1.54, 1.807) is 0 Å². The highest BCUT2D eigenvalue weighted by atomic mass is 31.2. The molecule has 0 aliphatic rings. The number of aryl methyl sites for hydroxylation is 1. The first-order valence-corrected chi connectivity index (χ1v) is 12.8. The Bertz CT molecular complexity index is 750. The van der Waals surface area contributed by atoms with E-state index in [0.29, 0.717) is 17.5 Å². The molecule has 0 aromatic heterocycles. The van der Waals surface area contributed by atoms with Gasteiger partial charge in [0.2, 0.25) is 0 Å². The molecule has 2 atom stereocenters. The van der Waals surface area contributed by atoms with E-state index in [1.165, 1.54) is 11.1 Å². The number of aliphatic carboxylic acids is 1. The molecule has 192 valence electrons. The van der Waals surface area contributed by atoms with Gasteiger partial charge in [0.05, 0.1) is 40.8 Å². The molecule has 0 radical (unpaired) electrons. The molecular weight excluding hydrogens is 449 g/mol. The van der Waals surface area contributed by atoms with Crippen LogP contribution in [0.3, 0.4) is 0 Å². The smallest absolute Gasteiger partial charge is 0.472 e. The van der Waals surface area contributed by atoms with Crippen LogP contribution in [0.4, 0.5) is 0 Å². The zero-order chi connectivity index (χ0) is 24.2. The van der Waals surface area contributed by atoms with Gasteiger partial charge in [-0.05, 0) is 43.9 Å². The lowest BCUT2D eigenvalue weighted by molar-refractivity contribution is -0.873. The van der Waals surface area contributed by atoms with Gasteiger partial charge in [-0.1, -0.05) is 37.8 Å². The van der Waals surface area contributed by atoms with Crippen molar-refractivity contribution in [1.82, 2.24) is 0 Å². The topological polar surface area (TPSA) is 132 Å². The Morgan fingerprint density at radius 3 is 2.18 bits per heavy atom. The summed E-state index contributed by atoms with van der Waals surface area (Å²) in [5.41, 5.74) is 2.41. The van der Waals surface area contributed by atoms with Crippen molar-refractivity contribution in [1.29, 1.82) is 0 Å². The maximum atomic E-state index is 12.2. The van der Waals surface area contributed by atoms with Crippen LogP contribution in [0.15, 0.2) is 18.2 Å². The average molecular weight is 492 g/mol. The van der Waals surface area contributed by atoms with E-state index in [2.05, 4.69) is 19.9 Å².